The zero-order valence-corrected chi connectivity index (χ0v) is 38.7. The van der Waals surface area contributed by atoms with Crippen LogP contribution < -0.4 is 10.6 Å². The number of para-hydroxylation sites is 2. The van der Waals surface area contributed by atoms with Crippen LogP contribution in [0.5, 0.6) is 0 Å². The normalized spacial score (nSPS) is 10.7. The Balaban J connectivity index is 0.000000188. The first-order valence-corrected chi connectivity index (χ1v) is 24.7. The van der Waals surface area contributed by atoms with Gasteiger partial charge in [-0.05, 0) is 94.3 Å². The van der Waals surface area contributed by atoms with Gasteiger partial charge in [-0.1, -0.05) is 72.3 Å². The molecular formula is C44H33AlCl6F2N8O2. The third-order valence-corrected chi connectivity index (χ3v) is 9.18. The summed E-state index contributed by atoms with van der Waals surface area (Å²) in [6.07, 6.45) is 12.6. The molecule has 0 aliphatic carbocycles. The number of hydrogen-bond acceptors (Lipinski definition) is 6. The third kappa shape index (κ3) is 15.2. The first-order valence-electron chi connectivity index (χ1n) is 18.3. The number of aryl methyl sites for hydroxylation is 2. The Bertz CT molecular complexity index is 2870. The molecule has 10 nitrogen and oxygen atoms in total. The fourth-order valence-corrected chi connectivity index (χ4v) is 6.16. The summed E-state index contributed by atoms with van der Waals surface area (Å²) in [6, 6.07) is 29.9. The fourth-order valence-electron chi connectivity index (χ4n) is 5.67. The van der Waals surface area contributed by atoms with E-state index in [0.717, 1.165) is 16.5 Å². The van der Waals surface area contributed by atoms with Gasteiger partial charge in [-0.2, -0.15) is 0 Å². The number of amides is 2. The third-order valence-electron chi connectivity index (χ3n) is 8.53. The van der Waals surface area contributed by atoms with Crippen LogP contribution >= 0.6 is 65.0 Å². The SMILES string of the molecule is Cn1cc(-c2nc(Cl)ncc2NC(=O)/C=C/c2ccc(F)cc2)c2ccccc21.Cn1ccc2ccccc21.O=C(/C=C/c1ccc(F)cc1)Nc1cnc(Cl)nc1Cl.[Cl][Al]([Cl])[Cl]. The van der Waals surface area contributed by atoms with Crippen molar-refractivity contribution in [3.8, 4) is 11.3 Å². The van der Waals surface area contributed by atoms with Crippen molar-refractivity contribution < 1.29 is 18.4 Å². The van der Waals surface area contributed by atoms with E-state index >= 15 is 0 Å². The number of carbonyl (C=O) groups excluding carboxylic acids is 2. The molecule has 63 heavy (non-hydrogen) atoms. The fraction of sp³-hybridized carbons (Fsp3) is 0.0455. The molecule has 4 heterocycles. The van der Waals surface area contributed by atoms with Crippen LogP contribution in [-0.4, -0.2) is 52.3 Å². The van der Waals surface area contributed by atoms with Gasteiger partial charge in [-0.3, -0.25) is 9.59 Å². The quantitative estimate of drug-likeness (QED) is 0.0710. The zero-order chi connectivity index (χ0) is 45.5. The first-order chi connectivity index (χ1) is 30.2. The van der Waals surface area contributed by atoms with E-state index < -0.39 is 17.3 Å². The Morgan fingerprint density at radius 2 is 1.13 bits per heavy atom. The summed E-state index contributed by atoms with van der Waals surface area (Å²) in [4.78, 5) is 39.8. The number of carbonyl (C=O) groups is 2. The second-order valence-corrected chi connectivity index (χ2v) is 20.4. The van der Waals surface area contributed by atoms with E-state index in [1.165, 1.54) is 59.7 Å². The highest BCUT2D eigenvalue weighted by Crippen LogP contribution is 2.34. The van der Waals surface area contributed by atoms with Crippen LogP contribution in [0.1, 0.15) is 11.1 Å². The molecule has 0 unspecified atom stereocenters. The number of anilines is 2. The molecule has 0 spiro atoms. The molecule has 8 rings (SSSR count). The maximum absolute atomic E-state index is 13.0. The largest absolute Gasteiger partial charge is 0.643 e. The second kappa shape index (κ2) is 23.9. The molecule has 0 bridgehead atoms. The van der Waals surface area contributed by atoms with Gasteiger partial charge in [0.2, 0.25) is 22.4 Å². The topological polar surface area (TPSA) is 120 Å². The summed E-state index contributed by atoms with van der Waals surface area (Å²) in [5, 5.41) is 7.74. The number of benzene rings is 4. The predicted molar refractivity (Wildman–Crippen MR) is 255 cm³/mol. The molecule has 2 amide bonds. The smallest absolute Gasteiger partial charge is 0.351 e. The van der Waals surface area contributed by atoms with Gasteiger partial charge < -0.3 is 19.8 Å². The average molecular weight is 983 g/mol. The van der Waals surface area contributed by atoms with Crippen molar-refractivity contribution in [3.63, 3.8) is 0 Å². The van der Waals surface area contributed by atoms with Crippen LogP contribution in [-0.2, 0) is 23.7 Å². The molecule has 2 N–H and O–H groups in total. The van der Waals surface area contributed by atoms with Gasteiger partial charge in [0.05, 0.1) is 23.8 Å². The van der Waals surface area contributed by atoms with Crippen LogP contribution in [0.25, 0.3) is 45.2 Å². The monoisotopic (exact) mass is 980 g/mol. The van der Waals surface area contributed by atoms with E-state index in [2.05, 4.69) is 78.7 Å². The number of nitrogens with one attached hydrogen (secondary N) is 2. The molecule has 0 atom stereocenters. The highest BCUT2D eigenvalue weighted by Gasteiger charge is 2.16. The van der Waals surface area contributed by atoms with Crippen LogP contribution in [0, 0.1) is 11.6 Å². The van der Waals surface area contributed by atoms with Crippen LogP contribution in [0.2, 0.25) is 15.7 Å². The van der Waals surface area contributed by atoms with Crippen molar-refractivity contribution in [1.82, 2.24) is 29.1 Å². The van der Waals surface area contributed by atoms with Crippen molar-refractivity contribution in [2.24, 2.45) is 14.1 Å². The first kappa shape index (κ1) is 48.7. The lowest BCUT2D eigenvalue weighted by Gasteiger charge is -2.08. The van der Waals surface area contributed by atoms with E-state index in [1.54, 1.807) is 36.4 Å². The summed E-state index contributed by atoms with van der Waals surface area (Å²) in [6.45, 7) is 0. The minimum atomic E-state index is -1.72. The van der Waals surface area contributed by atoms with Crippen molar-refractivity contribution in [3.05, 3.63) is 179 Å². The Morgan fingerprint density at radius 1 is 0.635 bits per heavy atom. The van der Waals surface area contributed by atoms with Crippen molar-refractivity contribution in [2.45, 2.75) is 0 Å². The number of fused-ring (bicyclic) bond motifs is 2. The van der Waals surface area contributed by atoms with Gasteiger partial charge in [0, 0.05) is 60.6 Å². The van der Waals surface area contributed by atoms with E-state index in [1.807, 2.05) is 42.1 Å². The lowest BCUT2D eigenvalue weighted by atomic mass is 10.1. The molecule has 320 valence electrons. The lowest BCUT2D eigenvalue weighted by molar-refractivity contribution is -0.112. The zero-order valence-electron chi connectivity index (χ0n) is 33.0. The number of aromatic nitrogens is 6. The molecule has 0 fully saturated rings. The number of halogens is 8. The van der Waals surface area contributed by atoms with Crippen molar-refractivity contribution in [2.75, 3.05) is 10.6 Å². The van der Waals surface area contributed by atoms with Crippen molar-refractivity contribution >= 4 is 133 Å². The highest BCUT2D eigenvalue weighted by molar-refractivity contribution is 7.54. The molecule has 4 aromatic heterocycles. The molecule has 0 saturated carbocycles. The summed E-state index contributed by atoms with van der Waals surface area (Å²) in [7, 11) is 18.8. The average Bonchev–Trinajstić information content (AvgIpc) is 3.81. The van der Waals surface area contributed by atoms with Crippen LogP contribution in [0.15, 0.2) is 140 Å². The molecule has 4 aromatic carbocycles. The molecule has 0 saturated heterocycles. The number of nitrogens with zero attached hydrogens (tertiary/aromatic N) is 6. The van der Waals surface area contributed by atoms with Gasteiger partial charge in [0.1, 0.15) is 17.3 Å². The Hall–Kier alpha value is -5.33. The molecule has 8 aromatic rings. The Kier molecular flexibility index (Phi) is 18.5. The van der Waals surface area contributed by atoms with E-state index in [4.69, 9.17) is 65.0 Å². The van der Waals surface area contributed by atoms with Gasteiger partial charge in [-0.15, -0.1) is 0 Å². The van der Waals surface area contributed by atoms with Crippen molar-refractivity contribution in [1.29, 1.82) is 0 Å². The summed E-state index contributed by atoms with van der Waals surface area (Å²) >= 11 is 15.6. The molecular weight excluding hydrogens is 950 g/mol. The molecule has 0 radical (unpaired) electrons. The Labute approximate surface area is 392 Å². The van der Waals surface area contributed by atoms with Gasteiger partial charge in [0.15, 0.2) is 5.15 Å². The minimum Gasteiger partial charge on any atom is -0.351 e. The van der Waals surface area contributed by atoms with Gasteiger partial charge >= 0.3 is 11.4 Å². The van der Waals surface area contributed by atoms with E-state index in [-0.39, 0.29) is 38.9 Å². The van der Waals surface area contributed by atoms with Crippen LogP contribution in [0.4, 0.5) is 20.2 Å². The number of rotatable bonds is 7. The second-order valence-electron chi connectivity index (χ2n) is 12.9. The van der Waals surface area contributed by atoms with Gasteiger partial charge in [-0.25, -0.2) is 58.9 Å². The standard InChI is InChI=1S/C22H16ClFN4O.C13H8Cl2FN3O.C9H9N.Al.3ClH/c1-28-13-17(16-4-2-3-5-19(16)28)21-18(12-25-22(23)27-21)26-20(29)11-8-14-6-9-15(24)10-7-14;14-12-10(7-17-13(15)19-12)18-11(20)6-3-8-1-4-9(16)5-2-8;1-10-7-6-8-4-2-3-5-9(8)10;;;;/h2-13H,1H3,(H,26,29);1-7H,(H,18,20);2-7H,1H3;;3*1H/q;;;+3;;;/p-3/b11-8+;6-3+;;;;;. The summed E-state index contributed by atoms with van der Waals surface area (Å²) in [5.41, 5.74) is 5.80. The highest BCUT2D eigenvalue weighted by atomic mass is 35.8. The lowest BCUT2D eigenvalue weighted by Crippen LogP contribution is -2.10. The number of hydrogen-bond donors (Lipinski definition) is 2. The molecule has 0 aliphatic heterocycles. The molecule has 19 heteroatoms. The van der Waals surface area contributed by atoms with E-state index in [0.29, 0.717) is 22.5 Å². The van der Waals surface area contributed by atoms with Gasteiger partial charge in [0.25, 0.3) is 0 Å². The van der Waals surface area contributed by atoms with Crippen LogP contribution in [0.3, 0.4) is 0 Å². The molecule has 0 aliphatic rings. The maximum Gasteiger partial charge on any atom is 0.643 e. The summed E-state index contributed by atoms with van der Waals surface area (Å²) < 4.78 is 29.8. The predicted octanol–water partition coefficient (Wildman–Crippen LogP) is 12.5. The minimum absolute atomic E-state index is 0.00477. The maximum atomic E-state index is 13.0. The summed E-state index contributed by atoms with van der Waals surface area (Å²) in [5.74, 6) is -1.44. The van der Waals surface area contributed by atoms with E-state index in [9.17, 15) is 18.4 Å². The Morgan fingerprint density at radius 3 is 1.68 bits per heavy atom.